The van der Waals surface area contributed by atoms with E-state index in [1.54, 1.807) is 0 Å². The lowest BCUT2D eigenvalue weighted by Crippen LogP contribution is -2.49. The van der Waals surface area contributed by atoms with E-state index in [9.17, 15) is 23.4 Å². The van der Waals surface area contributed by atoms with Crippen LogP contribution in [0.15, 0.2) is 18.2 Å². The van der Waals surface area contributed by atoms with Gasteiger partial charge < -0.3 is 15.1 Å². The van der Waals surface area contributed by atoms with E-state index in [2.05, 4.69) is 6.92 Å². The molecular formula is C19H26F3NO2. The average molecular weight is 357 g/mol. The number of hydrogen-bond donors (Lipinski definition) is 2. The Morgan fingerprint density at radius 3 is 2.52 bits per heavy atom. The predicted molar refractivity (Wildman–Crippen MR) is 89.1 cm³/mol. The Bertz CT molecular complexity index is 661. The maximum Gasteiger partial charge on any atom is 0.419 e. The Kier molecular flexibility index (Phi) is 4.35. The number of nitrogens with zero attached hydrogens (tertiary/aromatic N) is 1. The minimum Gasteiger partial charge on any atom is -0.507 e. The van der Waals surface area contributed by atoms with Crippen molar-refractivity contribution in [3.05, 3.63) is 29.3 Å². The van der Waals surface area contributed by atoms with E-state index in [4.69, 9.17) is 0 Å². The van der Waals surface area contributed by atoms with Gasteiger partial charge >= 0.3 is 6.18 Å². The van der Waals surface area contributed by atoms with Crippen molar-refractivity contribution in [2.75, 3.05) is 20.6 Å². The highest BCUT2D eigenvalue weighted by Crippen LogP contribution is 2.60. The largest absolute Gasteiger partial charge is 0.507 e. The molecule has 3 nitrogen and oxygen atoms in total. The van der Waals surface area contributed by atoms with Gasteiger partial charge in [-0.3, -0.25) is 0 Å². The van der Waals surface area contributed by atoms with Crippen LogP contribution in [0, 0.1) is 17.3 Å². The summed E-state index contributed by atoms with van der Waals surface area (Å²) in [5, 5.41) is 21.5. The van der Waals surface area contributed by atoms with Crippen LogP contribution in [0.3, 0.4) is 0 Å². The SMILES string of the molecule is CN(C)CC1C2CCC(C)(C2)CC1(O)c1ccc(C(F)(F)F)c(O)c1. The van der Waals surface area contributed by atoms with Crippen LogP contribution >= 0.6 is 0 Å². The quantitative estimate of drug-likeness (QED) is 0.860. The van der Waals surface area contributed by atoms with Crippen molar-refractivity contribution >= 4 is 0 Å². The van der Waals surface area contributed by atoms with Crippen molar-refractivity contribution in [2.45, 2.75) is 44.4 Å². The van der Waals surface area contributed by atoms with Gasteiger partial charge in [-0.05, 0) is 68.8 Å². The first-order valence-corrected chi connectivity index (χ1v) is 8.72. The third-order valence-corrected chi connectivity index (χ3v) is 6.12. The van der Waals surface area contributed by atoms with Crippen LogP contribution in [0.1, 0.15) is 43.7 Å². The van der Waals surface area contributed by atoms with Gasteiger partial charge in [0.15, 0.2) is 0 Å². The number of benzene rings is 1. The molecule has 140 valence electrons. The number of aromatic hydroxyl groups is 1. The molecular weight excluding hydrogens is 331 g/mol. The molecule has 2 saturated carbocycles. The van der Waals surface area contributed by atoms with Crippen molar-refractivity contribution < 1.29 is 23.4 Å². The first-order valence-electron chi connectivity index (χ1n) is 8.72. The molecule has 1 aromatic carbocycles. The molecule has 6 heteroatoms. The zero-order valence-corrected chi connectivity index (χ0v) is 14.9. The van der Waals surface area contributed by atoms with Crippen LogP contribution in [-0.2, 0) is 11.8 Å². The number of halogens is 3. The maximum absolute atomic E-state index is 12.9. The summed E-state index contributed by atoms with van der Waals surface area (Å²) in [6.07, 6.45) is -0.994. The third-order valence-electron chi connectivity index (χ3n) is 6.12. The molecule has 0 aliphatic heterocycles. The summed E-state index contributed by atoms with van der Waals surface area (Å²) in [7, 11) is 3.88. The molecule has 4 atom stereocenters. The van der Waals surface area contributed by atoms with Gasteiger partial charge in [0, 0.05) is 12.5 Å². The molecule has 2 fully saturated rings. The van der Waals surface area contributed by atoms with Crippen molar-refractivity contribution in [3.63, 3.8) is 0 Å². The summed E-state index contributed by atoms with van der Waals surface area (Å²) in [6.45, 7) is 2.81. The second-order valence-corrected chi connectivity index (χ2v) is 8.51. The number of hydrogen-bond acceptors (Lipinski definition) is 3. The van der Waals surface area contributed by atoms with Gasteiger partial charge in [-0.2, -0.15) is 13.2 Å². The fraction of sp³-hybridized carbons (Fsp3) is 0.684. The lowest BCUT2D eigenvalue weighted by atomic mass is 9.61. The summed E-state index contributed by atoms with van der Waals surface area (Å²) in [4.78, 5) is 2.01. The Morgan fingerprint density at radius 2 is 1.96 bits per heavy atom. The number of aliphatic hydroxyl groups is 1. The summed E-state index contributed by atoms with van der Waals surface area (Å²) in [6, 6.07) is 3.33. The summed E-state index contributed by atoms with van der Waals surface area (Å²) < 4.78 is 38.8. The fourth-order valence-corrected chi connectivity index (χ4v) is 5.10. The standard InChI is InChI=1S/C19H26F3NO2/c1-17-7-6-12(9-17)15(10-23(2)3)18(25,11-17)13-4-5-14(16(24)8-13)19(20,21)22/h4-5,8,12,15,24-25H,6-7,9-11H2,1-3H3. The van der Waals surface area contributed by atoms with Crippen LogP contribution in [0.25, 0.3) is 0 Å². The zero-order chi connectivity index (χ0) is 18.6. The monoisotopic (exact) mass is 357 g/mol. The van der Waals surface area contributed by atoms with E-state index >= 15 is 0 Å². The second kappa shape index (κ2) is 5.88. The Labute approximate surface area is 146 Å². The average Bonchev–Trinajstić information content (AvgIpc) is 2.79. The minimum atomic E-state index is -4.61. The highest BCUT2D eigenvalue weighted by molar-refractivity contribution is 5.41. The van der Waals surface area contributed by atoms with Gasteiger partial charge in [-0.15, -0.1) is 0 Å². The highest BCUT2D eigenvalue weighted by Gasteiger charge is 2.56. The predicted octanol–water partition coefficient (Wildman–Crippen LogP) is 3.99. The molecule has 0 radical (unpaired) electrons. The van der Waals surface area contributed by atoms with Crippen LogP contribution in [0.2, 0.25) is 0 Å². The molecule has 0 heterocycles. The number of phenolic OH excluding ortho intramolecular Hbond substituents is 1. The Hall–Kier alpha value is -1.27. The topological polar surface area (TPSA) is 43.7 Å². The van der Waals surface area contributed by atoms with Gasteiger partial charge in [0.25, 0.3) is 0 Å². The van der Waals surface area contributed by atoms with Crippen LogP contribution in [-0.4, -0.2) is 35.8 Å². The molecule has 4 unspecified atom stereocenters. The van der Waals surface area contributed by atoms with Crippen molar-refractivity contribution in [3.8, 4) is 5.75 Å². The fourth-order valence-electron chi connectivity index (χ4n) is 5.10. The smallest absolute Gasteiger partial charge is 0.419 e. The van der Waals surface area contributed by atoms with E-state index < -0.39 is 23.1 Å². The lowest BCUT2D eigenvalue weighted by molar-refractivity contribution is -0.139. The first kappa shape index (κ1) is 18.5. The molecule has 2 aliphatic rings. The van der Waals surface area contributed by atoms with Gasteiger partial charge in [-0.1, -0.05) is 13.0 Å². The van der Waals surface area contributed by atoms with Gasteiger partial charge in [0.1, 0.15) is 5.75 Å². The summed E-state index contributed by atoms with van der Waals surface area (Å²) in [5.41, 5.74) is -1.89. The van der Waals surface area contributed by atoms with E-state index in [1.807, 2.05) is 19.0 Å². The van der Waals surface area contributed by atoms with E-state index in [0.717, 1.165) is 31.4 Å². The molecule has 0 amide bonds. The minimum absolute atomic E-state index is 0.000543. The Morgan fingerprint density at radius 1 is 1.28 bits per heavy atom. The lowest BCUT2D eigenvalue weighted by Gasteiger charge is -2.49. The van der Waals surface area contributed by atoms with Gasteiger partial charge in [0.05, 0.1) is 11.2 Å². The van der Waals surface area contributed by atoms with Crippen LogP contribution in [0.4, 0.5) is 13.2 Å². The Balaban J connectivity index is 2.04. The normalized spacial score (nSPS) is 35.4. The van der Waals surface area contributed by atoms with E-state index in [1.165, 1.54) is 6.07 Å². The van der Waals surface area contributed by atoms with Crippen LogP contribution < -0.4 is 0 Å². The number of fused-ring (bicyclic) bond motifs is 2. The molecule has 0 aromatic heterocycles. The highest BCUT2D eigenvalue weighted by atomic mass is 19.4. The molecule has 2 N–H and O–H groups in total. The molecule has 1 aromatic rings. The van der Waals surface area contributed by atoms with Crippen LogP contribution in [0.5, 0.6) is 5.75 Å². The summed E-state index contributed by atoms with van der Waals surface area (Å²) >= 11 is 0. The van der Waals surface area contributed by atoms with Gasteiger partial charge in [-0.25, -0.2) is 0 Å². The number of alkyl halides is 3. The third kappa shape index (κ3) is 3.26. The summed E-state index contributed by atoms with van der Waals surface area (Å²) in [5.74, 6) is -0.533. The molecule has 2 bridgehead atoms. The van der Waals surface area contributed by atoms with Crippen molar-refractivity contribution in [1.82, 2.24) is 4.90 Å². The molecule has 0 spiro atoms. The molecule has 2 aliphatic carbocycles. The number of rotatable bonds is 3. The van der Waals surface area contributed by atoms with E-state index in [-0.39, 0.29) is 11.3 Å². The second-order valence-electron chi connectivity index (χ2n) is 8.51. The van der Waals surface area contributed by atoms with Gasteiger partial charge in [0.2, 0.25) is 0 Å². The van der Waals surface area contributed by atoms with Crippen molar-refractivity contribution in [2.24, 2.45) is 17.3 Å². The van der Waals surface area contributed by atoms with E-state index in [0.29, 0.717) is 24.4 Å². The number of phenols is 1. The molecule has 3 rings (SSSR count). The maximum atomic E-state index is 12.9. The molecule has 25 heavy (non-hydrogen) atoms. The molecule has 0 saturated heterocycles. The zero-order valence-electron chi connectivity index (χ0n) is 14.9. The first-order chi connectivity index (χ1) is 11.4. The van der Waals surface area contributed by atoms with Crippen molar-refractivity contribution in [1.29, 1.82) is 0 Å².